The van der Waals surface area contributed by atoms with Crippen molar-refractivity contribution in [1.29, 1.82) is 0 Å². The van der Waals surface area contributed by atoms with Gasteiger partial charge in [0.25, 0.3) is 0 Å². The highest BCUT2D eigenvalue weighted by molar-refractivity contribution is 9.10. The first-order valence-corrected chi connectivity index (χ1v) is 7.40. The van der Waals surface area contributed by atoms with Crippen LogP contribution in [-0.4, -0.2) is 26.7 Å². The van der Waals surface area contributed by atoms with Gasteiger partial charge in [0.05, 0.1) is 0 Å². The van der Waals surface area contributed by atoms with Gasteiger partial charge >= 0.3 is 0 Å². The highest BCUT2D eigenvalue weighted by Crippen LogP contribution is 2.25. The number of hydrogen-bond acceptors (Lipinski definition) is 4. The summed E-state index contributed by atoms with van der Waals surface area (Å²) in [5, 5.41) is 8.80. The molecule has 0 aliphatic heterocycles. The van der Waals surface area contributed by atoms with Gasteiger partial charge in [0, 0.05) is 23.3 Å². The lowest BCUT2D eigenvalue weighted by Gasteiger charge is -2.12. The lowest BCUT2D eigenvalue weighted by atomic mass is 10.2. The van der Waals surface area contributed by atoms with Crippen molar-refractivity contribution in [3.8, 4) is 0 Å². The number of benzene rings is 1. The average molecular weight is 341 g/mol. The summed E-state index contributed by atoms with van der Waals surface area (Å²) in [6.45, 7) is 1.52. The quantitative estimate of drug-likeness (QED) is 0.699. The van der Waals surface area contributed by atoms with Gasteiger partial charge in [0.2, 0.25) is 10.0 Å². The number of nitrogens with two attached hydrogens (primary N) is 1. The predicted octanol–water partition coefficient (Wildman–Crippen LogP) is 1.08. The first-order valence-electron chi connectivity index (χ1n) is 5.13. The first kappa shape index (κ1) is 15.4. The molecule has 1 rings (SSSR count). The minimum absolute atomic E-state index is 0.0221. The minimum Gasteiger partial charge on any atom is -0.398 e. The van der Waals surface area contributed by atoms with Gasteiger partial charge in [-0.15, -0.1) is 0 Å². The van der Waals surface area contributed by atoms with Gasteiger partial charge in [-0.25, -0.2) is 17.5 Å². The molecule has 0 heterocycles. The van der Waals surface area contributed by atoms with E-state index in [9.17, 15) is 12.8 Å². The zero-order valence-corrected chi connectivity index (χ0v) is 12.1. The van der Waals surface area contributed by atoms with E-state index in [0.29, 0.717) is 4.47 Å². The van der Waals surface area contributed by atoms with Crippen molar-refractivity contribution in [2.75, 3.05) is 18.9 Å². The number of aliphatic hydroxyl groups is 1. The zero-order chi connectivity index (χ0) is 13.9. The van der Waals surface area contributed by atoms with Crippen LogP contribution >= 0.6 is 15.9 Å². The van der Waals surface area contributed by atoms with Crippen molar-refractivity contribution < 1.29 is 17.9 Å². The summed E-state index contributed by atoms with van der Waals surface area (Å²) >= 11 is 3.01. The van der Waals surface area contributed by atoms with E-state index >= 15 is 0 Å². The summed E-state index contributed by atoms with van der Waals surface area (Å²) < 4.78 is 39.8. The van der Waals surface area contributed by atoms with E-state index in [-0.39, 0.29) is 24.8 Å². The third-order valence-electron chi connectivity index (χ3n) is 2.27. The molecule has 1 aromatic carbocycles. The molecule has 5 nitrogen and oxygen atoms in total. The van der Waals surface area contributed by atoms with Crippen LogP contribution in [-0.2, 0) is 10.0 Å². The van der Waals surface area contributed by atoms with E-state index in [2.05, 4.69) is 20.7 Å². The number of sulfonamides is 1. The second-order valence-corrected chi connectivity index (χ2v) is 6.53. The van der Waals surface area contributed by atoms with Crippen LogP contribution < -0.4 is 10.5 Å². The fourth-order valence-electron chi connectivity index (χ4n) is 1.15. The van der Waals surface area contributed by atoms with Gasteiger partial charge in [-0.1, -0.05) is 6.92 Å². The van der Waals surface area contributed by atoms with E-state index in [1.807, 2.05) is 0 Å². The molecule has 0 aliphatic rings. The van der Waals surface area contributed by atoms with Crippen molar-refractivity contribution in [2.45, 2.75) is 11.8 Å². The highest BCUT2D eigenvalue weighted by atomic mass is 79.9. The maximum atomic E-state index is 13.6. The Morgan fingerprint density at radius 3 is 2.72 bits per heavy atom. The lowest BCUT2D eigenvalue weighted by Crippen LogP contribution is -2.30. The Labute approximate surface area is 113 Å². The standard InChI is InChI=1S/C10H14BrFN2O3S/c1-6(5-15)4-14-18(16,17)10-3-9(13)7(11)2-8(10)12/h2-3,6,14-15H,4-5,13H2,1H3. The Morgan fingerprint density at radius 2 is 2.17 bits per heavy atom. The monoisotopic (exact) mass is 340 g/mol. The summed E-state index contributed by atoms with van der Waals surface area (Å²) in [6.07, 6.45) is 0. The number of nitrogens with one attached hydrogen (secondary N) is 1. The topological polar surface area (TPSA) is 92.4 Å². The van der Waals surface area contributed by atoms with Gasteiger partial charge < -0.3 is 10.8 Å². The zero-order valence-electron chi connectivity index (χ0n) is 9.65. The fraction of sp³-hybridized carbons (Fsp3) is 0.400. The fourth-order valence-corrected chi connectivity index (χ4v) is 2.72. The number of halogens is 2. The van der Waals surface area contributed by atoms with E-state index in [4.69, 9.17) is 10.8 Å². The third kappa shape index (κ3) is 3.64. The van der Waals surface area contributed by atoms with E-state index in [0.717, 1.165) is 12.1 Å². The maximum Gasteiger partial charge on any atom is 0.243 e. The third-order valence-corrected chi connectivity index (χ3v) is 4.40. The molecule has 0 saturated carbocycles. The van der Waals surface area contributed by atoms with E-state index in [1.165, 1.54) is 0 Å². The maximum absolute atomic E-state index is 13.6. The summed E-state index contributed by atoms with van der Waals surface area (Å²) in [6, 6.07) is 2.05. The molecule has 1 aromatic rings. The molecule has 0 amide bonds. The van der Waals surface area contributed by atoms with Crippen LogP contribution in [0.4, 0.5) is 10.1 Å². The number of rotatable bonds is 5. The molecule has 0 aliphatic carbocycles. The van der Waals surface area contributed by atoms with Crippen LogP contribution in [0.15, 0.2) is 21.5 Å². The van der Waals surface area contributed by atoms with Crippen LogP contribution in [0.3, 0.4) is 0 Å². The van der Waals surface area contributed by atoms with Crippen LogP contribution in [0.5, 0.6) is 0 Å². The molecule has 0 bridgehead atoms. The van der Waals surface area contributed by atoms with Crippen molar-refractivity contribution in [3.63, 3.8) is 0 Å². The summed E-state index contributed by atoms with van der Waals surface area (Å²) in [5.41, 5.74) is 5.65. The predicted molar refractivity (Wildman–Crippen MR) is 70.0 cm³/mol. The van der Waals surface area contributed by atoms with Gasteiger partial charge in [-0.3, -0.25) is 0 Å². The van der Waals surface area contributed by atoms with Gasteiger partial charge in [0.15, 0.2) is 0 Å². The molecule has 0 saturated heterocycles. The molecule has 102 valence electrons. The Bertz CT molecular complexity index is 536. The van der Waals surface area contributed by atoms with Gasteiger partial charge in [0.1, 0.15) is 10.7 Å². The molecular weight excluding hydrogens is 327 g/mol. The van der Waals surface area contributed by atoms with Crippen molar-refractivity contribution >= 4 is 31.6 Å². The SMILES string of the molecule is CC(CO)CNS(=O)(=O)c1cc(N)c(Br)cc1F. The molecule has 8 heteroatoms. The molecule has 0 aromatic heterocycles. The van der Waals surface area contributed by atoms with E-state index in [1.54, 1.807) is 6.92 Å². The molecule has 0 fully saturated rings. The second kappa shape index (κ2) is 5.96. The Kier molecular flexibility index (Phi) is 5.09. The average Bonchev–Trinajstić information content (AvgIpc) is 2.30. The summed E-state index contributed by atoms with van der Waals surface area (Å²) in [5.74, 6) is -1.14. The van der Waals surface area contributed by atoms with Crippen LogP contribution in [0.2, 0.25) is 0 Å². The molecule has 18 heavy (non-hydrogen) atoms. The molecule has 1 unspecified atom stereocenters. The highest BCUT2D eigenvalue weighted by Gasteiger charge is 2.21. The van der Waals surface area contributed by atoms with Crippen molar-refractivity contribution in [1.82, 2.24) is 4.72 Å². The number of hydrogen-bond donors (Lipinski definition) is 3. The molecular formula is C10H14BrFN2O3S. The summed E-state index contributed by atoms with van der Waals surface area (Å²) in [7, 11) is -3.97. The first-order chi connectivity index (χ1) is 8.27. The largest absolute Gasteiger partial charge is 0.398 e. The molecule has 0 radical (unpaired) electrons. The number of anilines is 1. The molecule has 0 spiro atoms. The van der Waals surface area contributed by atoms with Crippen molar-refractivity contribution in [3.05, 3.63) is 22.4 Å². The number of aliphatic hydroxyl groups excluding tert-OH is 1. The van der Waals surface area contributed by atoms with Crippen LogP contribution in [0, 0.1) is 11.7 Å². The Balaban J connectivity index is 3.02. The molecule has 1 atom stereocenters. The van der Waals surface area contributed by atoms with Gasteiger partial charge in [-0.2, -0.15) is 0 Å². The second-order valence-electron chi connectivity index (χ2n) is 3.94. The Morgan fingerprint density at radius 1 is 1.56 bits per heavy atom. The van der Waals surface area contributed by atoms with E-state index < -0.39 is 20.7 Å². The van der Waals surface area contributed by atoms with Crippen molar-refractivity contribution in [2.24, 2.45) is 5.92 Å². The Hall–Kier alpha value is -0.700. The smallest absolute Gasteiger partial charge is 0.243 e. The molecule has 4 N–H and O–H groups in total. The normalized spacial score (nSPS) is 13.6. The lowest BCUT2D eigenvalue weighted by molar-refractivity contribution is 0.238. The van der Waals surface area contributed by atoms with Gasteiger partial charge in [-0.05, 0) is 34.0 Å². The number of nitrogen functional groups attached to an aromatic ring is 1. The van der Waals surface area contributed by atoms with Crippen LogP contribution in [0.25, 0.3) is 0 Å². The van der Waals surface area contributed by atoms with Crippen LogP contribution in [0.1, 0.15) is 6.92 Å². The minimum atomic E-state index is -3.97. The summed E-state index contributed by atoms with van der Waals surface area (Å²) in [4.78, 5) is -0.506.